The van der Waals surface area contributed by atoms with Gasteiger partial charge in [-0.2, -0.15) is 35.3 Å². The normalized spacial score (nSPS) is 10.4. The number of methoxy groups -OCH3 is 1. The van der Waals surface area contributed by atoms with Crippen molar-refractivity contribution < 1.29 is 23.9 Å². The summed E-state index contributed by atoms with van der Waals surface area (Å²) >= 11 is 9.05. The molecule has 0 saturated heterocycles. The fourth-order valence-electron chi connectivity index (χ4n) is 2.21. The van der Waals surface area contributed by atoms with E-state index in [1.807, 2.05) is 53.3 Å². The molecule has 0 rings (SSSR count). The Balaban J connectivity index is -0.000000500. The first kappa shape index (κ1) is 42.3. The molecule has 0 aliphatic rings. The molecular formula is C26H47N3O5S5. The van der Waals surface area contributed by atoms with E-state index in [4.69, 9.17) is 0 Å². The van der Waals surface area contributed by atoms with Crippen molar-refractivity contribution in [2.45, 2.75) is 30.9 Å². The lowest BCUT2D eigenvalue weighted by molar-refractivity contribution is -0.144. The zero-order chi connectivity index (χ0) is 30.3. The van der Waals surface area contributed by atoms with Gasteiger partial charge in [0.05, 0.1) is 11.7 Å². The minimum atomic E-state index is -0.571. The third-order valence-electron chi connectivity index (χ3n) is 4.09. The summed E-state index contributed by atoms with van der Waals surface area (Å²) in [6.45, 7) is 15.8. The molecule has 0 saturated carbocycles. The zero-order valence-electron chi connectivity index (χ0n) is 24.0. The summed E-state index contributed by atoms with van der Waals surface area (Å²) < 4.78 is 5.03. The van der Waals surface area contributed by atoms with Crippen LogP contribution >= 0.6 is 58.8 Å². The lowest BCUT2D eigenvalue weighted by Gasteiger charge is -2.14. The predicted molar refractivity (Wildman–Crippen MR) is 179 cm³/mol. The van der Waals surface area contributed by atoms with Crippen LogP contribution in [0.2, 0.25) is 0 Å². The van der Waals surface area contributed by atoms with Crippen LogP contribution in [0, 0.1) is 0 Å². The van der Waals surface area contributed by atoms with Crippen molar-refractivity contribution >= 4 is 82.5 Å². The number of carbonyl (C=O) groups is 4. The third-order valence-corrected chi connectivity index (χ3v) is 9.15. The molecule has 0 radical (unpaired) electrons. The molecule has 226 valence electrons. The van der Waals surface area contributed by atoms with Crippen LogP contribution in [0.4, 0.5) is 0 Å². The molecule has 0 unspecified atom stereocenters. The van der Waals surface area contributed by atoms with Crippen LogP contribution in [0.15, 0.2) is 38.0 Å². The minimum absolute atomic E-state index is 0.0829. The molecule has 0 aromatic carbocycles. The van der Waals surface area contributed by atoms with E-state index in [2.05, 4.69) is 60.5 Å². The largest absolute Gasteiger partial charge is 0.467 e. The Labute approximate surface area is 257 Å². The van der Waals surface area contributed by atoms with Crippen LogP contribution in [0.5, 0.6) is 0 Å². The second-order valence-corrected chi connectivity index (χ2v) is 13.4. The predicted octanol–water partition coefficient (Wildman–Crippen LogP) is 4.09. The van der Waals surface area contributed by atoms with Crippen molar-refractivity contribution in [3.8, 4) is 0 Å². The Kier molecular flexibility index (Phi) is 35.9. The molecule has 0 aliphatic heterocycles. The summed E-state index contributed by atoms with van der Waals surface area (Å²) in [5, 5.41) is 8.04. The van der Waals surface area contributed by atoms with Gasteiger partial charge >= 0.3 is 5.97 Å². The van der Waals surface area contributed by atoms with Crippen molar-refractivity contribution in [2.75, 3.05) is 67.2 Å². The Bertz CT molecular complexity index is 693. The van der Waals surface area contributed by atoms with Crippen molar-refractivity contribution in [3.63, 3.8) is 0 Å². The average Bonchev–Trinajstić information content (AvgIpc) is 2.95. The number of esters is 1. The van der Waals surface area contributed by atoms with Gasteiger partial charge in [-0.25, -0.2) is 4.79 Å². The van der Waals surface area contributed by atoms with E-state index >= 15 is 0 Å². The molecule has 1 atom stereocenters. The van der Waals surface area contributed by atoms with Crippen LogP contribution in [-0.2, 0) is 23.9 Å². The van der Waals surface area contributed by atoms with Gasteiger partial charge in [0.1, 0.15) is 6.04 Å². The number of amides is 3. The van der Waals surface area contributed by atoms with Gasteiger partial charge in [0, 0.05) is 30.3 Å². The van der Waals surface area contributed by atoms with Crippen molar-refractivity contribution in [1.82, 2.24) is 16.0 Å². The first-order chi connectivity index (χ1) is 18.7. The highest BCUT2D eigenvalue weighted by atomic mass is 32.2. The molecule has 0 bridgehead atoms. The van der Waals surface area contributed by atoms with Gasteiger partial charge in [0.25, 0.3) is 0 Å². The zero-order valence-corrected chi connectivity index (χ0v) is 28.0. The molecule has 0 aromatic rings. The number of thioether (sulfide) groups is 5. The second kappa shape index (κ2) is 33.1. The Morgan fingerprint density at radius 2 is 1.33 bits per heavy atom. The molecule has 3 amide bonds. The van der Waals surface area contributed by atoms with Crippen molar-refractivity contribution in [2.24, 2.45) is 0 Å². The molecule has 8 nitrogen and oxygen atoms in total. The molecule has 0 fully saturated rings. The summed E-state index contributed by atoms with van der Waals surface area (Å²) in [5.41, 5.74) is 0. The summed E-state index contributed by atoms with van der Waals surface area (Å²) in [6.07, 6.45) is 8.34. The summed E-state index contributed by atoms with van der Waals surface area (Å²) in [4.78, 5) is 43.7. The number of hydrogen-bond donors (Lipinski definition) is 3. The van der Waals surface area contributed by atoms with Crippen LogP contribution in [0.25, 0.3) is 0 Å². The summed E-state index contributed by atoms with van der Waals surface area (Å²) in [5.74, 6) is 5.33. The van der Waals surface area contributed by atoms with Gasteiger partial charge in [-0.05, 0) is 54.4 Å². The van der Waals surface area contributed by atoms with Gasteiger partial charge in [0.2, 0.25) is 17.7 Å². The number of rotatable bonds is 20. The monoisotopic (exact) mass is 641 g/mol. The highest BCUT2D eigenvalue weighted by molar-refractivity contribution is 8.17. The highest BCUT2D eigenvalue weighted by Gasteiger charge is 2.19. The van der Waals surface area contributed by atoms with E-state index in [0.29, 0.717) is 11.0 Å². The summed E-state index contributed by atoms with van der Waals surface area (Å²) in [7, 11) is 1.30. The third kappa shape index (κ3) is 31.2. The van der Waals surface area contributed by atoms with Gasteiger partial charge in [0.15, 0.2) is 0 Å². The van der Waals surface area contributed by atoms with Crippen molar-refractivity contribution in [3.05, 3.63) is 38.0 Å². The fourth-order valence-corrected chi connectivity index (χ4v) is 6.62. The van der Waals surface area contributed by atoms with E-state index in [0.717, 1.165) is 47.9 Å². The quantitative estimate of drug-likeness (QED) is 0.0778. The Morgan fingerprint density at radius 3 is 1.79 bits per heavy atom. The number of carbonyl (C=O) groups excluding carboxylic acids is 4. The average molecular weight is 642 g/mol. The van der Waals surface area contributed by atoms with Gasteiger partial charge in [-0.1, -0.05) is 33.6 Å². The maximum absolute atomic E-state index is 11.2. The number of ether oxygens (including phenoxy) is 1. The van der Waals surface area contributed by atoms with Gasteiger partial charge in [-0.15, -0.1) is 23.5 Å². The Morgan fingerprint density at radius 1 is 0.795 bits per heavy atom. The first-order valence-electron chi connectivity index (χ1n) is 12.3. The van der Waals surface area contributed by atoms with E-state index in [1.54, 1.807) is 11.8 Å². The molecule has 13 heteroatoms. The van der Waals surface area contributed by atoms with Crippen LogP contribution in [0.1, 0.15) is 20.3 Å². The van der Waals surface area contributed by atoms with Gasteiger partial charge in [-0.3, -0.25) is 14.4 Å². The molecule has 0 spiro atoms. The van der Waals surface area contributed by atoms with Crippen LogP contribution < -0.4 is 16.0 Å². The van der Waals surface area contributed by atoms with Crippen molar-refractivity contribution in [1.29, 1.82) is 0 Å². The fraction of sp³-hybridized carbons (Fsp3) is 0.615. The summed E-state index contributed by atoms with van der Waals surface area (Å²) in [6, 6.07) is -0.571. The van der Waals surface area contributed by atoms with Crippen LogP contribution in [-0.4, -0.2) is 102 Å². The molecule has 39 heavy (non-hydrogen) atoms. The van der Waals surface area contributed by atoms with Gasteiger partial charge < -0.3 is 20.7 Å². The lowest BCUT2D eigenvalue weighted by atomic mass is 10.2. The maximum atomic E-state index is 11.2. The first-order valence-corrected chi connectivity index (χ1v) is 18.3. The highest BCUT2D eigenvalue weighted by Crippen LogP contribution is 2.22. The molecule has 0 aromatic heterocycles. The number of nitrogens with one attached hydrogen (secondary N) is 3. The molecule has 0 heterocycles. The topological polar surface area (TPSA) is 114 Å². The van der Waals surface area contributed by atoms with E-state index in [-0.39, 0.29) is 17.7 Å². The lowest BCUT2D eigenvalue weighted by Crippen LogP contribution is -2.41. The molecular weight excluding hydrogens is 595 g/mol. The second-order valence-electron chi connectivity index (χ2n) is 6.96. The smallest absolute Gasteiger partial charge is 0.328 e. The van der Waals surface area contributed by atoms with E-state index in [1.165, 1.54) is 25.0 Å². The van der Waals surface area contributed by atoms with E-state index < -0.39 is 12.0 Å². The SMILES string of the molecule is C=CC(=O)NCC(SCC)SCC.C=CC(=O)NCCSCCSC.C=CC(=O)N[C@@H](CCSC)C(=O)OC. The molecule has 3 N–H and O–H groups in total. The molecule has 0 aliphatic carbocycles. The number of hydrogen-bond acceptors (Lipinski definition) is 10. The Hall–Kier alpha value is -1.15. The van der Waals surface area contributed by atoms with Crippen LogP contribution in [0.3, 0.4) is 0 Å². The minimum Gasteiger partial charge on any atom is -0.467 e. The standard InChI is InChI=1S/C9H15NO3S.C9H17NOS2.C8H15NOS2/c1-4-8(11)10-7(5-6-14-3)9(12)13-2;1-4-8(11)10-7-9(12-5-2)13-6-3;1-3-8(10)9-4-5-12-7-6-11-2/h4,7H,1,5-6H2,2-3H3,(H,10,11);4,9H,1,5-7H2,2-3H3,(H,10,11);3H,1,4-7H2,2H3,(H,9,10)/t7-;;/m0../s1. The van der Waals surface area contributed by atoms with E-state index in [9.17, 15) is 19.2 Å². The maximum Gasteiger partial charge on any atom is 0.328 e.